The first-order chi connectivity index (χ1) is 14.6. The van der Waals surface area contributed by atoms with E-state index in [4.69, 9.17) is 11.6 Å². The summed E-state index contributed by atoms with van der Waals surface area (Å²) in [6.45, 7) is 3.88. The van der Waals surface area contributed by atoms with Crippen molar-refractivity contribution in [3.8, 4) is 5.75 Å². The number of amides is 1. The quantitative estimate of drug-likeness (QED) is 0.527. The number of carbonyl (C=O) groups excluding carboxylic acids is 2. The molecule has 1 N–H and O–H groups in total. The van der Waals surface area contributed by atoms with Gasteiger partial charge in [0.25, 0.3) is 5.69 Å². The minimum atomic E-state index is -0.555. The van der Waals surface area contributed by atoms with Gasteiger partial charge < -0.3 is 5.11 Å². The lowest BCUT2D eigenvalue weighted by atomic mass is 9.69. The first kappa shape index (κ1) is 21.1. The van der Waals surface area contributed by atoms with Crippen molar-refractivity contribution in [2.24, 2.45) is 5.41 Å². The van der Waals surface area contributed by atoms with Crippen LogP contribution in [0.15, 0.2) is 53.7 Å². The van der Waals surface area contributed by atoms with Gasteiger partial charge in [0.15, 0.2) is 5.78 Å². The molecule has 0 radical (unpaired) electrons. The maximum atomic E-state index is 13.4. The van der Waals surface area contributed by atoms with Crippen LogP contribution in [0.3, 0.4) is 0 Å². The van der Waals surface area contributed by atoms with E-state index in [0.717, 1.165) is 5.56 Å². The van der Waals surface area contributed by atoms with Crippen molar-refractivity contribution in [1.82, 2.24) is 0 Å². The highest BCUT2D eigenvalue weighted by atomic mass is 35.5. The Bertz CT molecular complexity index is 1140. The number of phenolic OH excluding ortho intramolecular Hbond substituents is 1. The van der Waals surface area contributed by atoms with E-state index in [1.807, 2.05) is 13.8 Å². The predicted octanol–water partition coefficient (Wildman–Crippen LogP) is 5.12. The fraction of sp³-hybridized carbons (Fsp3) is 0.304. The average Bonchev–Trinajstić information content (AvgIpc) is 2.66. The predicted molar refractivity (Wildman–Crippen MR) is 116 cm³/mol. The number of hydrogen-bond acceptors (Lipinski definition) is 5. The summed E-state index contributed by atoms with van der Waals surface area (Å²) in [5.74, 6) is -0.798. The van der Waals surface area contributed by atoms with Gasteiger partial charge in [-0.15, -0.1) is 0 Å². The van der Waals surface area contributed by atoms with Crippen molar-refractivity contribution < 1.29 is 19.6 Å². The summed E-state index contributed by atoms with van der Waals surface area (Å²) in [6, 6.07) is 10.5. The zero-order valence-corrected chi connectivity index (χ0v) is 17.8. The summed E-state index contributed by atoms with van der Waals surface area (Å²) in [5.41, 5.74) is 1.15. The lowest BCUT2D eigenvalue weighted by Crippen LogP contribution is -2.44. The fourth-order valence-electron chi connectivity index (χ4n) is 4.52. The molecule has 1 aliphatic heterocycles. The SMILES string of the molecule is CC1(C)CC(=O)C2=C(C1)N(c1cc(Cl)ccc1[N+](=O)[O-])C(=O)CC2c1ccc(O)cc1. The normalized spacial score (nSPS) is 20.6. The molecule has 1 aliphatic carbocycles. The number of anilines is 1. The largest absolute Gasteiger partial charge is 0.508 e. The minimum absolute atomic E-state index is 0.0144. The van der Waals surface area contributed by atoms with E-state index in [1.165, 1.54) is 35.2 Å². The molecule has 0 aromatic heterocycles. The van der Waals surface area contributed by atoms with Crippen LogP contribution < -0.4 is 4.90 Å². The van der Waals surface area contributed by atoms with E-state index >= 15 is 0 Å². The highest BCUT2D eigenvalue weighted by molar-refractivity contribution is 6.31. The molecule has 8 heteroatoms. The molecule has 2 aliphatic rings. The summed E-state index contributed by atoms with van der Waals surface area (Å²) >= 11 is 6.12. The summed E-state index contributed by atoms with van der Waals surface area (Å²) in [7, 11) is 0. The molecular weight excluding hydrogens is 420 g/mol. The van der Waals surface area contributed by atoms with Crippen molar-refractivity contribution in [2.75, 3.05) is 4.90 Å². The van der Waals surface area contributed by atoms with E-state index in [1.54, 1.807) is 12.1 Å². The maximum absolute atomic E-state index is 13.4. The molecule has 160 valence electrons. The number of hydrogen-bond donors (Lipinski definition) is 1. The molecule has 0 bridgehead atoms. The number of phenols is 1. The third-order valence-electron chi connectivity index (χ3n) is 5.81. The van der Waals surface area contributed by atoms with Crippen LogP contribution in [0.2, 0.25) is 5.02 Å². The minimum Gasteiger partial charge on any atom is -0.508 e. The average molecular weight is 441 g/mol. The Labute approximate surface area is 184 Å². The number of allylic oxidation sites excluding steroid dienone is 2. The Hall–Kier alpha value is -3.19. The second kappa shape index (κ2) is 7.50. The van der Waals surface area contributed by atoms with Crippen molar-refractivity contribution in [3.63, 3.8) is 0 Å². The molecule has 4 rings (SSSR count). The van der Waals surface area contributed by atoms with Gasteiger partial charge in [-0.25, -0.2) is 0 Å². The number of nitro groups is 1. The number of halogens is 1. The molecule has 0 saturated carbocycles. The van der Waals surface area contributed by atoms with Gasteiger partial charge in [0.1, 0.15) is 11.4 Å². The van der Waals surface area contributed by atoms with E-state index in [-0.39, 0.29) is 40.3 Å². The number of rotatable bonds is 3. The number of nitro benzene ring substituents is 1. The van der Waals surface area contributed by atoms with Gasteiger partial charge in [-0.3, -0.25) is 24.6 Å². The van der Waals surface area contributed by atoms with E-state index in [2.05, 4.69) is 0 Å². The van der Waals surface area contributed by atoms with Gasteiger partial charge in [0.05, 0.1) is 4.92 Å². The molecule has 0 fully saturated rings. The van der Waals surface area contributed by atoms with Crippen molar-refractivity contribution in [1.29, 1.82) is 0 Å². The van der Waals surface area contributed by atoms with E-state index in [9.17, 15) is 24.8 Å². The Morgan fingerprint density at radius 3 is 2.45 bits per heavy atom. The fourth-order valence-corrected chi connectivity index (χ4v) is 4.68. The van der Waals surface area contributed by atoms with E-state index in [0.29, 0.717) is 24.1 Å². The van der Waals surface area contributed by atoms with Crippen molar-refractivity contribution in [3.05, 3.63) is 74.4 Å². The molecular formula is C23H21ClN2O5. The number of benzene rings is 2. The molecule has 1 unspecified atom stereocenters. The molecule has 1 heterocycles. The van der Waals surface area contributed by atoms with Crippen LogP contribution in [0.1, 0.15) is 44.6 Å². The van der Waals surface area contributed by atoms with Crippen LogP contribution >= 0.6 is 11.6 Å². The third-order valence-corrected chi connectivity index (χ3v) is 6.05. The van der Waals surface area contributed by atoms with Gasteiger partial charge in [-0.1, -0.05) is 37.6 Å². The number of aromatic hydroxyl groups is 1. The number of ketones is 1. The van der Waals surface area contributed by atoms with Crippen molar-refractivity contribution >= 4 is 34.7 Å². The maximum Gasteiger partial charge on any atom is 0.293 e. The Balaban J connectivity index is 1.95. The van der Waals surface area contributed by atoms with Gasteiger partial charge in [0, 0.05) is 41.1 Å². The van der Waals surface area contributed by atoms with Gasteiger partial charge in [0.2, 0.25) is 5.91 Å². The molecule has 1 amide bonds. The van der Waals surface area contributed by atoms with Gasteiger partial charge in [-0.05, 0) is 41.7 Å². The summed E-state index contributed by atoms with van der Waals surface area (Å²) < 4.78 is 0. The molecule has 0 spiro atoms. The number of Topliss-reactive ketones (excluding diaryl/α,β-unsaturated/α-hetero) is 1. The topological polar surface area (TPSA) is 101 Å². The number of carbonyl (C=O) groups is 2. The third kappa shape index (κ3) is 3.81. The van der Waals surface area contributed by atoms with Gasteiger partial charge in [-0.2, -0.15) is 0 Å². The monoisotopic (exact) mass is 440 g/mol. The van der Waals surface area contributed by atoms with Crippen LogP contribution in [0.5, 0.6) is 5.75 Å². The first-order valence-electron chi connectivity index (χ1n) is 9.89. The van der Waals surface area contributed by atoms with Crippen LogP contribution in [-0.2, 0) is 9.59 Å². The van der Waals surface area contributed by atoms with Crippen LogP contribution in [0.4, 0.5) is 11.4 Å². The van der Waals surface area contributed by atoms with Crippen molar-refractivity contribution in [2.45, 2.75) is 39.0 Å². The first-order valence-corrected chi connectivity index (χ1v) is 10.3. The number of nitrogens with zero attached hydrogens (tertiary/aromatic N) is 2. The summed E-state index contributed by atoms with van der Waals surface area (Å²) in [4.78, 5) is 39.1. The Morgan fingerprint density at radius 1 is 1.13 bits per heavy atom. The van der Waals surface area contributed by atoms with Crippen LogP contribution in [-0.4, -0.2) is 21.7 Å². The molecule has 2 aromatic carbocycles. The van der Waals surface area contributed by atoms with Crippen LogP contribution in [0, 0.1) is 15.5 Å². The molecule has 0 saturated heterocycles. The second-order valence-corrected chi connectivity index (χ2v) is 9.21. The van der Waals surface area contributed by atoms with Crippen LogP contribution in [0.25, 0.3) is 0 Å². The standard InChI is InChI=1S/C23H21ClN2O5/c1-23(2)11-19-22(20(28)12-23)16(13-3-6-15(27)7-4-13)10-21(29)25(19)18-9-14(24)5-8-17(18)26(30)31/h3-9,16,27H,10-12H2,1-2H3. The Morgan fingerprint density at radius 2 is 1.81 bits per heavy atom. The molecule has 1 atom stereocenters. The smallest absolute Gasteiger partial charge is 0.293 e. The molecule has 7 nitrogen and oxygen atoms in total. The molecule has 31 heavy (non-hydrogen) atoms. The molecule has 2 aromatic rings. The van der Waals surface area contributed by atoms with Gasteiger partial charge >= 0.3 is 0 Å². The highest BCUT2D eigenvalue weighted by Gasteiger charge is 2.45. The lowest BCUT2D eigenvalue weighted by molar-refractivity contribution is -0.384. The summed E-state index contributed by atoms with van der Waals surface area (Å²) in [5, 5.41) is 21.6. The second-order valence-electron chi connectivity index (χ2n) is 8.77. The lowest BCUT2D eigenvalue weighted by Gasteiger charge is -2.42. The van der Waals surface area contributed by atoms with E-state index < -0.39 is 16.3 Å². The zero-order valence-electron chi connectivity index (χ0n) is 17.1. The summed E-state index contributed by atoms with van der Waals surface area (Å²) in [6.07, 6.45) is 0.720. The Kier molecular flexibility index (Phi) is 5.09. The zero-order chi connectivity index (χ0) is 22.5. The highest BCUT2D eigenvalue weighted by Crippen LogP contribution is 2.49.